The summed E-state index contributed by atoms with van der Waals surface area (Å²) in [5, 5.41) is 0.728. The van der Waals surface area contributed by atoms with Gasteiger partial charge in [0.1, 0.15) is 11.5 Å². The Morgan fingerprint density at radius 3 is 2.50 bits per heavy atom. The van der Waals surface area contributed by atoms with Crippen molar-refractivity contribution in [2.75, 3.05) is 20.1 Å². The summed E-state index contributed by atoms with van der Waals surface area (Å²) in [4.78, 5) is 2.40. The molecule has 2 aliphatic rings. The van der Waals surface area contributed by atoms with E-state index < -0.39 is 0 Å². The summed E-state index contributed by atoms with van der Waals surface area (Å²) >= 11 is 6.14. The number of likely N-dealkylation sites (N-methyl/N-ethyl adjacent to an activating group) is 1. The first-order valence-corrected chi connectivity index (χ1v) is 7.35. The van der Waals surface area contributed by atoms with Gasteiger partial charge in [-0.3, -0.25) is 0 Å². The summed E-state index contributed by atoms with van der Waals surface area (Å²) in [6.07, 6.45) is 0. The van der Waals surface area contributed by atoms with E-state index in [1.807, 2.05) is 18.2 Å². The minimum Gasteiger partial charge on any atom is -0.457 e. The summed E-state index contributed by atoms with van der Waals surface area (Å²) < 4.78 is 6.15. The predicted molar refractivity (Wildman–Crippen MR) is 80.9 cm³/mol. The molecule has 1 fully saturated rings. The largest absolute Gasteiger partial charge is 0.457 e. The second-order valence-corrected chi connectivity index (χ2v) is 6.19. The number of likely N-dealkylation sites (tertiary alicyclic amines) is 1. The lowest BCUT2D eigenvalue weighted by Crippen LogP contribution is -2.14. The van der Waals surface area contributed by atoms with Gasteiger partial charge in [0.15, 0.2) is 0 Å². The van der Waals surface area contributed by atoms with E-state index >= 15 is 0 Å². The predicted octanol–water partition coefficient (Wildman–Crippen LogP) is 4.26. The zero-order valence-electron chi connectivity index (χ0n) is 11.3. The van der Waals surface area contributed by atoms with Crippen LogP contribution in [0.5, 0.6) is 11.5 Å². The molecule has 1 saturated heterocycles. The third-order valence-corrected chi connectivity index (χ3v) is 4.65. The van der Waals surface area contributed by atoms with Crippen LogP contribution in [0.2, 0.25) is 5.02 Å². The van der Waals surface area contributed by atoms with E-state index in [2.05, 4.69) is 36.2 Å². The molecule has 4 rings (SSSR count). The first-order chi connectivity index (χ1) is 9.72. The van der Waals surface area contributed by atoms with E-state index in [4.69, 9.17) is 16.3 Å². The molecule has 3 heteroatoms. The highest BCUT2D eigenvalue weighted by Crippen LogP contribution is 2.49. The number of nitrogens with zero attached hydrogens (tertiary/aromatic N) is 1. The van der Waals surface area contributed by atoms with Gasteiger partial charge in [0.2, 0.25) is 0 Å². The number of rotatable bonds is 0. The van der Waals surface area contributed by atoms with Gasteiger partial charge in [0.05, 0.1) is 0 Å². The van der Waals surface area contributed by atoms with Gasteiger partial charge < -0.3 is 9.64 Å². The van der Waals surface area contributed by atoms with Crippen molar-refractivity contribution in [3.63, 3.8) is 0 Å². The van der Waals surface area contributed by atoms with E-state index in [0.717, 1.165) is 29.6 Å². The smallest absolute Gasteiger partial charge is 0.132 e. The SMILES string of the molecule is CN1CC2c3ccccc3Oc3cc(Cl)ccc3C2C1. The fourth-order valence-electron chi connectivity index (χ4n) is 3.53. The van der Waals surface area contributed by atoms with Gasteiger partial charge in [0, 0.05) is 29.9 Å². The van der Waals surface area contributed by atoms with Gasteiger partial charge in [-0.1, -0.05) is 35.9 Å². The monoisotopic (exact) mass is 285 g/mol. The third-order valence-electron chi connectivity index (χ3n) is 4.42. The minimum absolute atomic E-state index is 0.482. The van der Waals surface area contributed by atoms with Crippen molar-refractivity contribution in [2.24, 2.45) is 0 Å². The summed E-state index contributed by atoms with van der Waals surface area (Å²) in [7, 11) is 2.19. The highest BCUT2D eigenvalue weighted by atomic mass is 35.5. The van der Waals surface area contributed by atoms with Crippen LogP contribution in [0.3, 0.4) is 0 Å². The number of benzene rings is 2. The normalized spacial score (nSPS) is 24.3. The number of fused-ring (bicyclic) bond motifs is 5. The van der Waals surface area contributed by atoms with Gasteiger partial charge in [-0.15, -0.1) is 0 Å². The highest BCUT2D eigenvalue weighted by Gasteiger charge is 2.38. The lowest BCUT2D eigenvalue weighted by Gasteiger charge is -2.17. The standard InChI is InChI=1S/C17H16ClNO/c1-19-9-14-12-4-2-3-5-16(12)20-17-8-11(18)6-7-13(17)15(14)10-19/h2-8,14-15H,9-10H2,1H3. The van der Waals surface area contributed by atoms with E-state index in [1.165, 1.54) is 11.1 Å². The molecular weight excluding hydrogens is 270 g/mol. The molecule has 2 aromatic rings. The summed E-state index contributed by atoms with van der Waals surface area (Å²) in [5.41, 5.74) is 2.59. The molecule has 0 amide bonds. The van der Waals surface area contributed by atoms with E-state index in [0.29, 0.717) is 11.8 Å². The maximum absolute atomic E-state index is 6.15. The van der Waals surface area contributed by atoms with Crippen LogP contribution in [0.15, 0.2) is 42.5 Å². The van der Waals surface area contributed by atoms with Crippen molar-refractivity contribution >= 4 is 11.6 Å². The second kappa shape index (κ2) is 4.51. The zero-order valence-corrected chi connectivity index (χ0v) is 12.1. The maximum Gasteiger partial charge on any atom is 0.132 e. The van der Waals surface area contributed by atoms with E-state index in [1.54, 1.807) is 0 Å². The van der Waals surface area contributed by atoms with Crippen LogP contribution >= 0.6 is 11.6 Å². The number of para-hydroxylation sites is 1. The van der Waals surface area contributed by atoms with E-state index in [-0.39, 0.29) is 0 Å². The number of ether oxygens (including phenoxy) is 1. The molecule has 2 aliphatic heterocycles. The van der Waals surface area contributed by atoms with Gasteiger partial charge >= 0.3 is 0 Å². The Morgan fingerprint density at radius 1 is 1.00 bits per heavy atom. The summed E-state index contributed by atoms with van der Waals surface area (Å²) in [6, 6.07) is 14.4. The molecule has 0 spiro atoms. The van der Waals surface area contributed by atoms with Crippen molar-refractivity contribution in [3.05, 3.63) is 58.6 Å². The Hall–Kier alpha value is -1.51. The molecule has 0 saturated carbocycles. The van der Waals surface area contributed by atoms with Crippen LogP contribution in [0.1, 0.15) is 23.0 Å². The van der Waals surface area contributed by atoms with Crippen LogP contribution in [-0.2, 0) is 0 Å². The Bertz CT molecular complexity index is 670. The molecule has 20 heavy (non-hydrogen) atoms. The zero-order chi connectivity index (χ0) is 13.7. The molecule has 0 N–H and O–H groups in total. The van der Waals surface area contributed by atoms with Crippen LogP contribution in [0, 0.1) is 0 Å². The van der Waals surface area contributed by atoms with E-state index in [9.17, 15) is 0 Å². The third kappa shape index (κ3) is 1.83. The molecule has 0 bridgehead atoms. The lowest BCUT2D eigenvalue weighted by molar-refractivity contribution is 0.401. The molecule has 0 aliphatic carbocycles. The number of hydrogen-bond acceptors (Lipinski definition) is 2. The maximum atomic E-state index is 6.15. The molecular formula is C17H16ClNO. The second-order valence-electron chi connectivity index (χ2n) is 5.76. The van der Waals surface area contributed by atoms with Gasteiger partial charge in [-0.25, -0.2) is 0 Å². The van der Waals surface area contributed by atoms with Crippen molar-refractivity contribution in [3.8, 4) is 11.5 Å². The lowest BCUT2D eigenvalue weighted by atomic mass is 9.84. The summed E-state index contributed by atoms with van der Waals surface area (Å²) in [5.74, 6) is 2.86. The molecule has 2 nitrogen and oxygen atoms in total. The molecule has 0 aromatic heterocycles. The van der Waals surface area contributed by atoms with Crippen LogP contribution in [0.4, 0.5) is 0 Å². The molecule has 102 valence electrons. The topological polar surface area (TPSA) is 12.5 Å². The number of halogens is 1. The molecule has 2 unspecified atom stereocenters. The molecule has 2 atom stereocenters. The van der Waals surface area contributed by atoms with Gasteiger partial charge in [-0.05, 0) is 36.4 Å². The average Bonchev–Trinajstić information content (AvgIpc) is 2.76. The fourth-order valence-corrected chi connectivity index (χ4v) is 3.69. The van der Waals surface area contributed by atoms with Crippen molar-refractivity contribution < 1.29 is 4.74 Å². The molecule has 0 radical (unpaired) electrons. The van der Waals surface area contributed by atoms with Crippen molar-refractivity contribution in [2.45, 2.75) is 11.8 Å². The Morgan fingerprint density at radius 2 is 1.70 bits per heavy atom. The van der Waals surface area contributed by atoms with Crippen LogP contribution < -0.4 is 4.74 Å². The van der Waals surface area contributed by atoms with Crippen LogP contribution in [0.25, 0.3) is 0 Å². The number of hydrogen-bond donors (Lipinski definition) is 0. The van der Waals surface area contributed by atoms with Gasteiger partial charge in [-0.2, -0.15) is 0 Å². The van der Waals surface area contributed by atoms with Crippen LogP contribution in [-0.4, -0.2) is 25.0 Å². The first kappa shape index (κ1) is 12.2. The first-order valence-electron chi connectivity index (χ1n) is 6.97. The Balaban J connectivity index is 1.93. The van der Waals surface area contributed by atoms with Gasteiger partial charge in [0.25, 0.3) is 0 Å². The van der Waals surface area contributed by atoms with Crippen molar-refractivity contribution in [1.29, 1.82) is 0 Å². The molecule has 2 aromatic carbocycles. The highest BCUT2D eigenvalue weighted by molar-refractivity contribution is 6.30. The Kier molecular flexibility index (Phi) is 2.76. The average molecular weight is 286 g/mol. The summed E-state index contributed by atoms with van der Waals surface area (Å²) in [6.45, 7) is 2.14. The van der Waals surface area contributed by atoms with Crippen molar-refractivity contribution in [1.82, 2.24) is 4.90 Å². The Labute approximate surface area is 123 Å². The quantitative estimate of drug-likeness (QED) is 0.717. The minimum atomic E-state index is 0.482. The fraction of sp³-hybridized carbons (Fsp3) is 0.294. The molecule has 2 heterocycles.